The van der Waals surface area contributed by atoms with Gasteiger partial charge in [0.15, 0.2) is 0 Å². The Morgan fingerprint density at radius 1 is 1.29 bits per heavy atom. The summed E-state index contributed by atoms with van der Waals surface area (Å²) in [6, 6.07) is 0.863. The Bertz CT molecular complexity index is 181. The van der Waals surface area contributed by atoms with Gasteiger partial charge < -0.3 is 10.0 Å². The first-order chi connectivity index (χ1) is 6.77. The van der Waals surface area contributed by atoms with Crippen molar-refractivity contribution in [2.45, 2.75) is 57.6 Å². The van der Waals surface area contributed by atoms with E-state index in [4.69, 9.17) is 0 Å². The summed E-state index contributed by atoms with van der Waals surface area (Å²) >= 11 is 0. The van der Waals surface area contributed by atoms with Crippen molar-refractivity contribution in [3.05, 3.63) is 0 Å². The maximum Gasteiger partial charge on any atom is 0.0524 e. The van der Waals surface area contributed by atoms with E-state index in [1.807, 2.05) is 6.92 Å². The zero-order chi connectivity index (χ0) is 9.97. The number of aliphatic hydroxyl groups excluding tert-OH is 1. The highest BCUT2D eigenvalue weighted by atomic mass is 16.3. The number of aliphatic hydroxyl groups is 1. The number of likely N-dealkylation sites (tertiary alicyclic amines) is 1. The minimum absolute atomic E-state index is 0.127. The molecule has 1 aliphatic heterocycles. The fourth-order valence-corrected chi connectivity index (χ4v) is 3.13. The molecule has 82 valence electrons. The Hall–Kier alpha value is -0.0800. The molecule has 2 rings (SSSR count). The first-order valence-corrected chi connectivity index (χ1v) is 6.19. The molecule has 14 heavy (non-hydrogen) atoms. The van der Waals surface area contributed by atoms with Crippen LogP contribution < -0.4 is 0 Å². The highest BCUT2D eigenvalue weighted by molar-refractivity contribution is 4.89. The molecule has 2 heteroatoms. The second-order valence-electron chi connectivity index (χ2n) is 5.07. The first kappa shape index (κ1) is 10.4. The Morgan fingerprint density at radius 3 is 2.86 bits per heavy atom. The van der Waals surface area contributed by atoms with Crippen LogP contribution in [0.1, 0.15) is 45.4 Å². The Kier molecular flexibility index (Phi) is 3.45. The number of nitrogens with zero attached hydrogens (tertiary/aromatic N) is 1. The normalized spacial score (nSPS) is 35.6. The standard InChI is InChI=1S/C12H23NO/c1-10(14)6-8-13-9-7-11-4-2-3-5-12(11)13/h10-12,14H,2-9H2,1H3. The van der Waals surface area contributed by atoms with Gasteiger partial charge in [-0.1, -0.05) is 12.8 Å². The Morgan fingerprint density at radius 2 is 2.07 bits per heavy atom. The van der Waals surface area contributed by atoms with Gasteiger partial charge >= 0.3 is 0 Å². The highest BCUT2D eigenvalue weighted by Crippen LogP contribution is 2.35. The third-order valence-corrected chi connectivity index (χ3v) is 3.96. The van der Waals surface area contributed by atoms with E-state index in [2.05, 4.69) is 4.90 Å². The van der Waals surface area contributed by atoms with Crippen LogP contribution in [-0.2, 0) is 0 Å². The Balaban J connectivity index is 1.81. The maximum atomic E-state index is 9.28. The van der Waals surface area contributed by atoms with Crippen molar-refractivity contribution in [3.63, 3.8) is 0 Å². The average molecular weight is 197 g/mol. The smallest absolute Gasteiger partial charge is 0.0524 e. The molecule has 0 aromatic carbocycles. The molecule has 0 aromatic heterocycles. The lowest BCUT2D eigenvalue weighted by molar-refractivity contribution is 0.133. The number of hydrogen-bond donors (Lipinski definition) is 1. The summed E-state index contributed by atoms with van der Waals surface area (Å²) < 4.78 is 0. The van der Waals surface area contributed by atoms with Crippen molar-refractivity contribution in [1.29, 1.82) is 0 Å². The fourth-order valence-electron chi connectivity index (χ4n) is 3.13. The lowest BCUT2D eigenvalue weighted by Gasteiger charge is -2.31. The Labute approximate surface area is 87.3 Å². The summed E-state index contributed by atoms with van der Waals surface area (Å²) in [5.41, 5.74) is 0. The van der Waals surface area contributed by atoms with Gasteiger partial charge in [0.05, 0.1) is 6.10 Å². The molecule has 0 aromatic rings. The second kappa shape index (κ2) is 4.63. The van der Waals surface area contributed by atoms with Gasteiger partial charge in [-0.3, -0.25) is 0 Å². The van der Waals surface area contributed by atoms with Crippen LogP contribution in [-0.4, -0.2) is 35.2 Å². The molecule has 0 spiro atoms. The van der Waals surface area contributed by atoms with Crippen LogP contribution in [0.3, 0.4) is 0 Å². The van der Waals surface area contributed by atoms with Crippen LogP contribution in [0.5, 0.6) is 0 Å². The molecular weight excluding hydrogens is 174 g/mol. The van der Waals surface area contributed by atoms with Gasteiger partial charge in [-0.25, -0.2) is 0 Å². The first-order valence-electron chi connectivity index (χ1n) is 6.19. The van der Waals surface area contributed by atoms with Crippen LogP contribution >= 0.6 is 0 Å². The SMILES string of the molecule is CC(O)CCN1CCC2CCCCC21. The summed E-state index contributed by atoms with van der Waals surface area (Å²) in [5.74, 6) is 0.984. The molecule has 2 nitrogen and oxygen atoms in total. The molecular formula is C12H23NO. The molecule has 1 aliphatic carbocycles. The summed E-state index contributed by atoms with van der Waals surface area (Å²) in [6.45, 7) is 4.29. The van der Waals surface area contributed by atoms with Crippen LogP contribution in [0.4, 0.5) is 0 Å². The predicted molar refractivity (Wildman–Crippen MR) is 58.2 cm³/mol. The van der Waals surface area contributed by atoms with Crippen LogP contribution in [0, 0.1) is 5.92 Å². The molecule has 2 fully saturated rings. The van der Waals surface area contributed by atoms with Gasteiger partial charge in [-0.15, -0.1) is 0 Å². The fraction of sp³-hybridized carbons (Fsp3) is 1.00. The third kappa shape index (κ3) is 2.29. The topological polar surface area (TPSA) is 23.5 Å². The predicted octanol–water partition coefficient (Wildman–Crippen LogP) is 2.02. The summed E-state index contributed by atoms with van der Waals surface area (Å²) in [7, 11) is 0. The van der Waals surface area contributed by atoms with Crippen molar-refractivity contribution in [2.24, 2.45) is 5.92 Å². The summed E-state index contributed by atoms with van der Waals surface area (Å²) in [6.07, 6.45) is 7.96. The van der Waals surface area contributed by atoms with E-state index < -0.39 is 0 Å². The maximum absolute atomic E-state index is 9.28. The molecule has 0 amide bonds. The van der Waals surface area contributed by atoms with E-state index in [1.54, 1.807) is 0 Å². The molecule has 2 aliphatic rings. The largest absolute Gasteiger partial charge is 0.393 e. The number of rotatable bonds is 3. The lowest BCUT2D eigenvalue weighted by Crippen LogP contribution is -2.36. The van der Waals surface area contributed by atoms with Crippen molar-refractivity contribution >= 4 is 0 Å². The minimum atomic E-state index is -0.127. The average Bonchev–Trinajstić information content (AvgIpc) is 2.58. The van der Waals surface area contributed by atoms with E-state index in [0.717, 1.165) is 24.9 Å². The number of fused-ring (bicyclic) bond motifs is 1. The molecule has 1 N–H and O–H groups in total. The third-order valence-electron chi connectivity index (χ3n) is 3.96. The van der Waals surface area contributed by atoms with Crippen molar-refractivity contribution in [1.82, 2.24) is 4.90 Å². The molecule has 3 atom stereocenters. The molecule has 0 radical (unpaired) electrons. The van der Waals surface area contributed by atoms with E-state index in [-0.39, 0.29) is 6.10 Å². The van der Waals surface area contributed by atoms with Crippen LogP contribution in [0.15, 0.2) is 0 Å². The highest BCUT2D eigenvalue weighted by Gasteiger charge is 2.34. The van der Waals surface area contributed by atoms with Crippen molar-refractivity contribution in [3.8, 4) is 0 Å². The van der Waals surface area contributed by atoms with E-state index in [9.17, 15) is 5.11 Å². The van der Waals surface area contributed by atoms with E-state index >= 15 is 0 Å². The molecule has 1 saturated heterocycles. The zero-order valence-electron chi connectivity index (χ0n) is 9.28. The van der Waals surface area contributed by atoms with Gasteiger partial charge in [0.2, 0.25) is 0 Å². The minimum Gasteiger partial charge on any atom is -0.393 e. The summed E-state index contributed by atoms with van der Waals surface area (Å²) in [5, 5.41) is 9.28. The van der Waals surface area contributed by atoms with E-state index in [1.165, 1.54) is 38.6 Å². The zero-order valence-corrected chi connectivity index (χ0v) is 9.28. The van der Waals surface area contributed by atoms with Gasteiger partial charge in [0, 0.05) is 12.6 Å². The van der Waals surface area contributed by atoms with Crippen molar-refractivity contribution < 1.29 is 5.11 Å². The quantitative estimate of drug-likeness (QED) is 0.748. The molecule has 1 saturated carbocycles. The monoisotopic (exact) mass is 197 g/mol. The summed E-state index contributed by atoms with van der Waals surface area (Å²) in [4.78, 5) is 2.62. The van der Waals surface area contributed by atoms with Crippen LogP contribution in [0.2, 0.25) is 0 Å². The molecule has 1 heterocycles. The number of hydrogen-bond acceptors (Lipinski definition) is 2. The molecule has 3 unspecified atom stereocenters. The van der Waals surface area contributed by atoms with Gasteiger partial charge in [0.25, 0.3) is 0 Å². The lowest BCUT2D eigenvalue weighted by atomic mass is 9.85. The van der Waals surface area contributed by atoms with E-state index in [0.29, 0.717) is 0 Å². The van der Waals surface area contributed by atoms with Gasteiger partial charge in [-0.2, -0.15) is 0 Å². The van der Waals surface area contributed by atoms with Gasteiger partial charge in [0.1, 0.15) is 0 Å². The second-order valence-corrected chi connectivity index (χ2v) is 5.07. The molecule has 0 bridgehead atoms. The van der Waals surface area contributed by atoms with Crippen LogP contribution in [0.25, 0.3) is 0 Å². The van der Waals surface area contributed by atoms with Gasteiger partial charge in [-0.05, 0) is 45.1 Å². The van der Waals surface area contributed by atoms with Crippen molar-refractivity contribution in [2.75, 3.05) is 13.1 Å².